The molecule has 82 valence electrons. The number of aromatic hydroxyl groups is 1. The second-order valence-electron chi connectivity index (χ2n) is 3.79. The smallest absolute Gasteiger partial charge is 0.165 e. The van der Waals surface area contributed by atoms with Gasteiger partial charge in [0.1, 0.15) is 5.82 Å². The number of rotatable bonds is 1. The van der Waals surface area contributed by atoms with Crippen LogP contribution in [0.15, 0.2) is 12.1 Å². The second-order valence-corrected chi connectivity index (χ2v) is 3.79. The summed E-state index contributed by atoms with van der Waals surface area (Å²) in [5.41, 5.74) is 0.0645. The van der Waals surface area contributed by atoms with E-state index in [1.54, 1.807) is 0 Å². The van der Waals surface area contributed by atoms with Crippen LogP contribution >= 0.6 is 0 Å². The van der Waals surface area contributed by atoms with Gasteiger partial charge in [0.05, 0.1) is 0 Å². The monoisotopic (exact) mass is 213 g/mol. The van der Waals surface area contributed by atoms with Crippen molar-refractivity contribution in [2.24, 2.45) is 0 Å². The molecule has 1 aromatic rings. The van der Waals surface area contributed by atoms with Crippen molar-refractivity contribution in [1.29, 1.82) is 0 Å². The van der Waals surface area contributed by atoms with Crippen LogP contribution < -0.4 is 5.32 Å². The molecule has 1 aromatic carbocycles. The molecular weight excluding hydrogens is 200 g/mol. The minimum Gasteiger partial charge on any atom is -0.505 e. The number of hydrogen-bond donors (Lipinski definition) is 2. The summed E-state index contributed by atoms with van der Waals surface area (Å²) < 4.78 is 26.5. The van der Waals surface area contributed by atoms with Gasteiger partial charge < -0.3 is 10.4 Å². The lowest BCUT2D eigenvalue weighted by Gasteiger charge is -2.24. The summed E-state index contributed by atoms with van der Waals surface area (Å²) in [6.45, 7) is 0.778. The first-order valence-electron chi connectivity index (χ1n) is 5.10. The van der Waals surface area contributed by atoms with Crippen LogP contribution in [0.1, 0.15) is 30.9 Å². The van der Waals surface area contributed by atoms with Crippen LogP contribution in [-0.4, -0.2) is 11.7 Å². The Morgan fingerprint density at radius 3 is 2.60 bits per heavy atom. The molecule has 0 saturated carbocycles. The molecule has 2 rings (SSSR count). The first kappa shape index (κ1) is 10.4. The highest BCUT2D eigenvalue weighted by Crippen LogP contribution is 2.33. The van der Waals surface area contributed by atoms with E-state index in [0.717, 1.165) is 37.9 Å². The lowest BCUT2D eigenvalue weighted by molar-refractivity contribution is 0.364. The maximum absolute atomic E-state index is 13.4. The molecule has 1 heterocycles. The molecule has 1 fully saturated rings. The van der Waals surface area contributed by atoms with Gasteiger partial charge in [0.15, 0.2) is 11.6 Å². The maximum atomic E-state index is 13.4. The Morgan fingerprint density at radius 1 is 1.20 bits per heavy atom. The highest BCUT2D eigenvalue weighted by atomic mass is 19.1. The number of piperidine rings is 1. The summed E-state index contributed by atoms with van der Waals surface area (Å²) in [5, 5.41) is 12.6. The summed E-state index contributed by atoms with van der Waals surface area (Å²) >= 11 is 0. The van der Waals surface area contributed by atoms with Crippen LogP contribution in [0, 0.1) is 11.6 Å². The summed E-state index contributed by atoms with van der Waals surface area (Å²) in [5.74, 6) is -1.87. The van der Waals surface area contributed by atoms with Crippen molar-refractivity contribution in [2.45, 2.75) is 25.3 Å². The Labute approximate surface area is 86.9 Å². The normalized spacial score (nSPS) is 21.6. The SMILES string of the molecule is Oc1c(F)ccc(F)c1[C@H]1CCCCN1. The van der Waals surface area contributed by atoms with Crippen molar-refractivity contribution >= 4 is 0 Å². The fourth-order valence-electron chi connectivity index (χ4n) is 1.99. The van der Waals surface area contributed by atoms with Gasteiger partial charge in [-0.3, -0.25) is 0 Å². The first-order chi connectivity index (χ1) is 7.20. The second kappa shape index (κ2) is 4.14. The van der Waals surface area contributed by atoms with Gasteiger partial charge in [-0.25, -0.2) is 8.78 Å². The Kier molecular flexibility index (Phi) is 2.86. The zero-order valence-corrected chi connectivity index (χ0v) is 8.26. The number of phenols is 1. The average molecular weight is 213 g/mol. The number of hydrogen-bond acceptors (Lipinski definition) is 2. The molecule has 0 radical (unpaired) electrons. The van der Waals surface area contributed by atoms with Crippen LogP contribution in [0.4, 0.5) is 8.78 Å². The molecule has 1 aliphatic rings. The number of nitrogens with one attached hydrogen (secondary N) is 1. The number of halogens is 2. The summed E-state index contributed by atoms with van der Waals surface area (Å²) in [4.78, 5) is 0. The van der Waals surface area contributed by atoms with E-state index in [-0.39, 0.29) is 11.6 Å². The third-order valence-corrected chi connectivity index (χ3v) is 2.77. The average Bonchev–Trinajstić information content (AvgIpc) is 2.26. The Hall–Kier alpha value is -1.16. The Morgan fingerprint density at radius 2 is 1.93 bits per heavy atom. The van der Waals surface area contributed by atoms with Gasteiger partial charge in [0.2, 0.25) is 0 Å². The molecule has 2 nitrogen and oxygen atoms in total. The molecule has 2 N–H and O–H groups in total. The van der Waals surface area contributed by atoms with Crippen molar-refractivity contribution in [3.05, 3.63) is 29.3 Å². The molecule has 0 unspecified atom stereocenters. The Balaban J connectivity index is 2.36. The minimum absolute atomic E-state index is 0.0645. The Bertz CT molecular complexity index is 362. The number of phenolic OH excluding ortho intramolecular Hbond substituents is 1. The lowest BCUT2D eigenvalue weighted by Crippen LogP contribution is -2.27. The molecule has 1 saturated heterocycles. The predicted molar refractivity (Wildman–Crippen MR) is 52.6 cm³/mol. The summed E-state index contributed by atoms with van der Waals surface area (Å²) in [6.07, 6.45) is 2.73. The zero-order valence-electron chi connectivity index (χ0n) is 8.26. The topological polar surface area (TPSA) is 32.3 Å². The highest BCUT2D eigenvalue weighted by Gasteiger charge is 2.23. The van der Waals surface area contributed by atoms with Crippen molar-refractivity contribution in [1.82, 2.24) is 5.32 Å². The molecule has 15 heavy (non-hydrogen) atoms. The van der Waals surface area contributed by atoms with Gasteiger partial charge >= 0.3 is 0 Å². The van der Waals surface area contributed by atoms with Gasteiger partial charge in [-0.1, -0.05) is 6.42 Å². The molecule has 0 amide bonds. The third-order valence-electron chi connectivity index (χ3n) is 2.77. The summed E-state index contributed by atoms with van der Waals surface area (Å²) in [6, 6.07) is 1.73. The minimum atomic E-state index is -0.765. The molecular formula is C11H13F2NO. The van der Waals surface area contributed by atoms with E-state index in [4.69, 9.17) is 0 Å². The quantitative estimate of drug-likeness (QED) is 0.751. The van der Waals surface area contributed by atoms with E-state index < -0.39 is 17.4 Å². The molecule has 0 bridgehead atoms. The van der Waals surface area contributed by atoms with Crippen LogP contribution in [0.3, 0.4) is 0 Å². The van der Waals surface area contributed by atoms with E-state index >= 15 is 0 Å². The van der Waals surface area contributed by atoms with Crippen LogP contribution in [-0.2, 0) is 0 Å². The lowest BCUT2D eigenvalue weighted by atomic mass is 9.96. The van der Waals surface area contributed by atoms with Gasteiger partial charge in [-0.2, -0.15) is 0 Å². The first-order valence-corrected chi connectivity index (χ1v) is 5.10. The molecule has 0 aliphatic carbocycles. The molecule has 0 spiro atoms. The molecule has 0 aromatic heterocycles. The van der Waals surface area contributed by atoms with Crippen molar-refractivity contribution in [2.75, 3.05) is 6.54 Å². The van der Waals surface area contributed by atoms with Crippen LogP contribution in [0.5, 0.6) is 5.75 Å². The standard InChI is InChI=1S/C11H13F2NO/c12-7-4-5-8(13)11(15)10(7)9-3-1-2-6-14-9/h4-5,9,14-15H,1-3,6H2/t9-/m1/s1. The van der Waals surface area contributed by atoms with Gasteiger partial charge in [0, 0.05) is 11.6 Å². The van der Waals surface area contributed by atoms with E-state index in [2.05, 4.69) is 5.32 Å². The summed E-state index contributed by atoms with van der Waals surface area (Å²) in [7, 11) is 0. The third kappa shape index (κ3) is 1.95. The largest absolute Gasteiger partial charge is 0.505 e. The van der Waals surface area contributed by atoms with Gasteiger partial charge in [-0.15, -0.1) is 0 Å². The highest BCUT2D eigenvalue weighted by molar-refractivity contribution is 5.37. The van der Waals surface area contributed by atoms with E-state index in [1.807, 2.05) is 0 Å². The fourth-order valence-corrected chi connectivity index (χ4v) is 1.99. The van der Waals surface area contributed by atoms with E-state index in [0.29, 0.717) is 0 Å². The van der Waals surface area contributed by atoms with Crippen LogP contribution in [0.2, 0.25) is 0 Å². The maximum Gasteiger partial charge on any atom is 0.165 e. The number of benzene rings is 1. The zero-order chi connectivity index (χ0) is 10.8. The van der Waals surface area contributed by atoms with Gasteiger partial charge in [0.25, 0.3) is 0 Å². The van der Waals surface area contributed by atoms with E-state index in [9.17, 15) is 13.9 Å². The van der Waals surface area contributed by atoms with Crippen LogP contribution in [0.25, 0.3) is 0 Å². The molecule has 1 aliphatic heterocycles. The fraction of sp³-hybridized carbons (Fsp3) is 0.455. The van der Waals surface area contributed by atoms with Crippen molar-refractivity contribution in [3.8, 4) is 5.75 Å². The van der Waals surface area contributed by atoms with Gasteiger partial charge in [-0.05, 0) is 31.5 Å². The molecule has 1 atom stereocenters. The van der Waals surface area contributed by atoms with Crippen molar-refractivity contribution in [3.63, 3.8) is 0 Å². The van der Waals surface area contributed by atoms with E-state index in [1.165, 1.54) is 0 Å². The predicted octanol–water partition coefficient (Wildman–Crippen LogP) is 2.49. The molecule has 4 heteroatoms. The van der Waals surface area contributed by atoms with Crippen molar-refractivity contribution < 1.29 is 13.9 Å².